The molecule has 1 heterocycles. The standard InChI is InChI=1S/C14H20ClNO3S/c1-11-10-19-12(2)9-16(11)7-8-20(17,18)14-5-3-13(15)4-6-14/h3-6,11-12H,7-10H2,1-2H3/t11-,12-/m1/s1. The van der Waals surface area contributed by atoms with Gasteiger partial charge in [0.15, 0.2) is 9.84 Å². The third-order valence-electron chi connectivity index (χ3n) is 3.56. The first-order valence-electron chi connectivity index (χ1n) is 6.72. The molecule has 1 aromatic carbocycles. The second-order valence-electron chi connectivity index (χ2n) is 5.26. The maximum absolute atomic E-state index is 12.3. The zero-order valence-electron chi connectivity index (χ0n) is 11.8. The molecular weight excluding hydrogens is 298 g/mol. The van der Waals surface area contributed by atoms with E-state index in [2.05, 4.69) is 11.8 Å². The zero-order chi connectivity index (χ0) is 14.8. The van der Waals surface area contributed by atoms with Crippen LogP contribution in [0.15, 0.2) is 29.2 Å². The number of hydrogen-bond donors (Lipinski definition) is 0. The van der Waals surface area contributed by atoms with Crippen LogP contribution in [-0.4, -0.2) is 50.9 Å². The molecule has 1 fully saturated rings. The maximum Gasteiger partial charge on any atom is 0.179 e. The van der Waals surface area contributed by atoms with Gasteiger partial charge in [-0.05, 0) is 38.1 Å². The molecule has 2 rings (SSSR count). The van der Waals surface area contributed by atoms with Crippen LogP contribution in [0.5, 0.6) is 0 Å². The van der Waals surface area contributed by atoms with Gasteiger partial charge in [0, 0.05) is 24.2 Å². The number of ether oxygens (including phenoxy) is 1. The summed E-state index contributed by atoms with van der Waals surface area (Å²) in [6, 6.07) is 6.58. The fourth-order valence-electron chi connectivity index (χ4n) is 2.28. The predicted molar refractivity (Wildman–Crippen MR) is 80.0 cm³/mol. The third-order valence-corrected chi connectivity index (χ3v) is 5.52. The molecule has 0 bridgehead atoms. The Balaban J connectivity index is 2.00. The Hall–Kier alpha value is -0.620. The average Bonchev–Trinajstić information content (AvgIpc) is 2.40. The molecule has 1 aromatic rings. The van der Waals surface area contributed by atoms with Crippen LogP contribution in [0.1, 0.15) is 13.8 Å². The molecular formula is C14H20ClNO3S. The molecule has 0 N–H and O–H groups in total. The minimum atomic E-state index is -3.26. The molecule has 2 atom stereocenters. The Morgan fingerprint density at radius 3 is 2.60 bits per heavy atom. The third kappa shape index (κ3) is 3.95. The van der Waals surface area contributed by atoms with Gasteiger partial charge in [0.2, 0.25) is 0 Å². The average molecular weight is 318 g/mol. The molecule has 0 spiro atoms. The fraction of sp³-hybridized carbons (Fsp3) is 0.571. The van der Waals surface area contributed by atoms with Crippen LogP contribution in [-0.2, 0) is 14.6 Å². The fourth-order valence-corrected chi connectivity index (χ4v) is 3.67. The summed E-state index contributed by atoms with van der Waals surface area (Å²) in [6.07, 6.45) is 0.157. The van der Waals surface area contributed by atoms with E-state index in [1.807, 2.05) is 6.92 Å². The molecule has 6 heteroatoms. The van der Waals surface area contributed by atoms with Crippen molar-refractivity contribution < 1.29 is 13.2 Å². The highest BCUT2D eigenvalue weighted by atomic mass is 35.5. The van der Waals surface area contributed by atoms with Crippen LogP contribution in [0.4, 0.5) is 0 Å². The van der Waals surface area contributed by atoms with E-state index in [1.165, 1.54) is 0 Å². The van der Waals surface area contributed by atoms with Crippen LogP contribution >= 0.6 is 11.6 Å². The van der Waals surface area contributed by atoms with Crippen molar-refractivity contribution >= 4 is 21.4 Å². The second kappa shape index (κ2) is 6.43. The molecule has 0 aliphatic carbocycles. The number of morpholine rings is 1. The quantitative estimate of drug-likeness (QED) is 0.854. The summed E-state index contributed by atoms with van der Waals surface area (Å²) in [4.78, 5) is 2.50. The van der Waals surface area contributed by atoms with Gasteiger partial charge < -0.3 is 4.74 Å². The molecule has 1 saturated heterocycles. The van der Waals surface area contributed by atoms with Crippen molar-refractivity contribution in [2.75, 3.05) is 25.4 Å². The Morgan fingerprint density at radius 2 is 1.95 bits per heavy atom. The highest BCUT2D eigenvalue weighted by Crippen LogP contribution is 2.17. The Bertz CT molecular complexity index is 544. The zero-order valence-corrected chi connectivity index (χ0v) is 13.3. The predicted octanol–water partition coefficient (Wildman–Crippen LogP) is 2.22. The highest BCUT2D eigenvalue weighted by Gasteiger charge is 2.25. The van der Waals surface area contributed by atoms with Gasteiger partial charge in [0.25, 0.3) is 0 Å². The SMILES string of the molecule is C[C@@H]1CN(CCS(=O)(=O)c2ccc(Cl)cc2)[C@H](C)CO1. The monoisotopic (exact) mass is 317 g/mol. The summed E-state index contributed by atoms with van der Waals surface area (Å²) in [5, 5.41) is 0.541. The number of sulfone groups is 1. The van der Waals surface area contributed by atoms with E-state index >= 15 is 0 Å². The van der Waals surface area contributed by atoms with Crippen LogP contribution in [0, 0.1) is 0 Å². The van der Waals surface area contributed by atoms with Crippen LogP contribution in [0.25, 0.3) is 0 Å². The van der Waals surface area contributed by atoms with Gasteiger partial charge in [-0.15, -0.1) is 0 Å². The van der Waals surface area contributed by atoms with Crippen molar-refractivity contribution in [2.24, 2.45) is 0 Å². The molecule has 1 aliphatic heterocycles. The number of benzene rings is 1. The lowest BCUT2D eigenvalue weighted by Gasteiger charge is -2.36. The van der Waals surface area contributed by atoms with Crippen LogP contribution in [0.2, 0.25) is 5.02 Å². The number of rotatable bonds is 4. The summed E-state index contributed by atoms with van der Waals surface area (Å²) >= 11 is 5.78. The first-order chi connectivity index (χ1) is 9.38. The summed E-state index contributed by atoms with van der Waals surface area (Å²) in [5.41, 5.74) is 0. The second-order valence-corrected chi connectivity index (χ2v) is 7.81. The Morgan fingerprint density at radius 1 is 1.30 bits per heavy atom. The van der Waals surface area contributed by atoms with Crippen molar-refractivity contribution in [1.29, 1.82) is 0 Å². The first-order valence-corrected chi connectivity index (χ1v) is 8.75. The molecule has 20 heavy (non-hydrogen) atoms. The van der Waals surface area contributed by atoms with Crippen LogP contribution < -0.4 is 0 Å². The Kier molecular flexibility index (Phi) is 5.07. The van der Waals surface area contributed by atoms with Gasteiger partial charge in [0.05, 0.1) is 23.4 Å². The lowest BCUT2D eigenvalue weighted by Crippen LogP contribution is -2.48. The van der Waals surface area contributed by atoms with Gasteiger partial charge in [-0.3, -0.25) is 4.90 Å². The van der Waals surface area contributed by atoms with Crippen molar-refractivity contribution in [3.8, 4) is 0 Å². The maximum atomic E-state index is 12.3. The van der Waals surface area contributed by atoms with Crippen LogP contribution in [0.3, 0.4) is 0 Å². The van der Waals surface area contributed by atoms with E-state index in [0.29, 0.717) is 23.1 Å². The van der Waals surface area contributed by atoms with E-state index in [4.69, 9.17) is 16.3 Å². The van der Waals surface area contributed by atoms with E-state index in [9.17, 15) is 8.42 Å². The lowest BCUT2D eigenvalue weighted by atomic mass is 10.2. The molecule has 112 valence electrons. The minimum absolute atomic E-state index is 0.117. The van der Waals surface area contributed by atoms with Crippen molar-refractivity contribution in [3.63, 3.8) is 0 Å². The summed E-state index contributed by atoms with van der Waals surface area (Å²) in [5.74, 6) is 0.117. The lowest BCUT2D eigenvalue weighted by molar-refractivity contribution is -0.0469. The number of halogens is 1. The molecule has 0 saturated carbocycles. The van der Waals surface area contributed by atoms with Crippen molar-refractivity contribution in [2.45, 2.75) is 30.9 Å². The first kappa shape index (κ1) is 15.8. The highest BCUT2D eigenvalue weighted by molar-refractivity contribution is 7.91. The molecule has 0 radical (unpaired) electrons. The van der Waals surface area contributed by atoms with Gasteiger partial charge in [-0.1, -0.05) is 11.6 Å². The summed E-state index contributed by atoms with van der Waals surface area (Å²) < 4.78 is 30.1. The van der Waals surface area contributed by atoms with Gasteiger partial charge >= 0.3 is 0 Å². The largest absolute Gasteiger partial charge is 0.376 e. The van der Waals surface area contributed by atoms with Gasteiger partial charge in [-0.25, -0.2) is 8.42 Å². The number of nitrogens with zero attached hydrogens (tertiary/aromatic N) is 1. The summed E-state index contributed by atoms with van der Waals surface area (Å²) in [6.45, 7) is 6.02. The van der Waals surface area contributed by atoms with Gasteiger partial charge in [-0.2, -0.15) is 0 Å². The van der Waals surface area contributed by atoms with Gasteiger partial charge in [0.1, 0.15) is 0 Å². The molecule has 4 nitrogen and oxygen atoms in total. The molecule has 0 aromatic heterocycles. The van der Waals surface area contributed by atoms with Crippen molar-refractivity contribution in [3.05, 3.63) is 29.3 Å². The smallest absolute Gasteiger partial charge is 0.179 e. The molecule has 0 unspecified atom stereocenters. The number of hydrogen-bond acceptors (Lipinski definition) is 4. The summed E-state index contributed by atoms with van der Waals surface area (Å²) in [7, 11) is -3.26. The molecule has 0 amide bonds. The minimum Gasteiger partial charge on any atom is -0.376 e. The van der Waals surface area contributed by atoms with E-state index < -0.39 is 9.84 Å². The van der Waals surface area contributed by atoms with E-state index in [0.717, 1.165) is 6.54 Å². The van der Waals surface area contributed by atoms with Crippen molar-refractivity contribution in [1.82, 2.24) is 4.90 Å². The normalized spacial score (nSPS) is 24.8. The molecule has 1 aliphatic rings. The topological polar surface area (TPSA) is 46.6 Å². The van der Waals surface area contributed by atoms with E-state index in [-0.39, 0.29) is 17.9 Å². The van der Waals surface area contributed by atoms with E-state index in [1.54, 1.807) is 24.3 Å². The Labute approximate surface area is 125 Å².